The average Bonchev–Trinajstić information content (AvgIpc) is 2.96. The number of esters is 2. The summed E-state index contributed by atoms with van der Waals surface area (Å²) in [6.45, 7) is 0. The van der Waals surface area contributed by atoms with E-state index in [1.807, 2.05) is 0 Å². The Bertz CT molecular complexity index is 1780. The van der Waals surface area contributed by atoms with Gasteiger partial charge in [0.2, 0.25) is 11.5 Å². The number of aromatic hydroxyl groups is 10. The highest BCUT2D eigenvalue weighted by molar-refractivity contribution is 5.96. The van der Waals surface area contributed by atoms with Crippen LogP contribution in [0.2, 0.25) is 0 Å². The van der Waals surface area contributed by atoms with Gasteiger partial charge >= 0.3 is 11.9 Å². The van der Waals surface area contributed by atoms with Gasteiger partial charge in [0, 0.05) is 29.7 Å². The van der Waals surface area contributed by atoms with Crippen molar-refractivity contribution in [3.8, 4) is 69.0 Å². The molecule has 228 valence electrons. The largest absolute Gasteiger partial charge is 0.508 e. The quantitative estimate of drug-likeness (QED) is 0.0884. The molecule has 0 radical (unpaired) electrons. The Morgan fingerprint density at radius 2 is 1.30 bits per heavy atom. The van der Waals surface area contributed by atoms with E-state index < -0.39 is 87.2 Å². The summed E-state index contributed by atoms with van der Waals surface area (Å²) in [6, 6.07) is 7.60. The van der Waals surface area contributed by atoms with E-state index >= 15 is 0 Å². The second kappa shape index (κ2) is 10.8. The fraction of sp³-hybridized carbons (Fsp3) is 0.103. The number of hydrogen-bond acceptors (Lipinski definition) is 15. The van der Waals surface area contributed by atoms with Crippen molar-refractivity contribution >= 4 is 11.9 Å². The Kier molecular flexibility index (Phi) is 7.14. The topological polar surface area (TPSA) is 264 Å². The molecule has 15 heteroatoms. The second-order valence-electron chi connectivity index (χ2n) is 9.60. The molecule has 2 unspecified atom stereocenters. The molecule has 10 N–H and O–H groups in total. The lowest BCUT2D eigenvalue weighted by Gasteiger charge is -2.34. The van der Waals surface area contributed by atoms with Crippen molar-refractivity contribution in [1.29, 1.82) is 0 Å². The van der Waals surface area contributed by atoms with E-state index in [2.05, 4.69) is 0 Å². The monoisotopic (exact) mass is 610 g/mol. The van der Waals surface area contributed by atoms with Gasteiger partial charge in [-0.25, -0.2) is 9.59 Å². The van der Waals surface area contributed by atoms with Gasteiger partial charge in [0.25, 0.3) is 0 Å². The van der Waals surface area contributed by atoms with Crippen LogP contribution in [-0.4, -0.2) is 69.1 Å². The summed E-state index contributed by atoms with van der Waals surface area (Å²) in [4.78, 5) is 25.6. The Hall–Kier alpha value is -6.38. The molecular formula is C29H22O15. The van der Waals surface area contributed by atoms with Crippen molar-refractivity contribution in [2.75, 3.05) is 0 Å². The molecule has 44 heavy (non-hydrogen) atoms. The molecule has 0 saturated carbocycles. The molecule has 1 heterocycles. The van der Waals surface area contributed by atoms with Gasteiger partial charge in [-0.2, -0.15) is 0 Å². The Labute approximate surface area is 245 Å². The standard InChI is InChI=1S/C29H22O15/c30-12-7-16(32)14-9-22(43-28(40)11-5-17(33)24(38)18(34)6-11)26(42-21(14)8-12)10-3-19(35)27(20(36)4-10)44-29(41)13-1-2-15(31)25(39)23(13)37/h1-8,22,26,30-39H,9H2. The van der Waals surface area contributed by atoms with Crippen LogP contribution in [0.3, 0.4) is 0 Å². The number of rotatable bonds is 5. The van der Waals surface area contributed by atoms with Crippen molar-refractivity contribution in [2.24, 2.45) is 0 Å². The smallest absolute Gasteiger partial charge is 0.347 e. The third-order valence-corrected chi connectivity index (χ3v) is 6.68. The zero-order valence-corrected chi connectivity index (χ0v) is 22.0. The van der Waals surface area contributed by atoms with Crippen LogP contribution in [0.25, 0.3) is 0 Å². The lowest BCUT2D eigenvalue weighted by atomic mass is 9.93. The molecule has 0 bridgehead atoms. The highest BCUT2D eigenvalue weighted by Gasteiger charge is 2.38. The first kappa shape index (κ1) is 29.1. The number of carbonyl (C=O) groups excluding carboxylic acids is 2. The lowest BCUT2D eigenvalue weighted by Crippen LogP contribution is -2.34. The fourth-order valence-electron chi connectivity index (χ4n) is 4.53. The van der Waals surface area contributed by atoms with Crippen LogP contribution in [0, 0.1) is 0 Å². The van der Waals surface area contributed by atoms with Gasteiger partial charge in [0.15, 0.2) is 46.4 Å². The first-order valence-corrected chi connectivity index (χ1v) is 12.4. The van der Waals surface area contributed by atoms with Crippen LogP contribution in [-0.2, 0) is 11.2 Å². The van der Waals surface area contributed by atoms with E-state index in [4.69, 9.17) is 14.2 Å². The van der Waals surface area contributed by atoms with E-state index in [1.165, 1.54) is 0 Å². The lowest BCUT2D eigenvalue weighted by molar-refractivity contribution is -0.0189. The summed E-state index contributed by atoms with van der Waals surface area (Å²) < 4.78 is 16.4. The van der Waals surface area contributed by atoms with E-state index in [0.29, 0.717) is 0 Å². The second-order valence-corrected chi connectivity index (χ2v) is 9.60. The van der Waals surface area contributed by atoms with Crippen LogP contribution >= 0.6 is 0 Å². The molecule has 15 nitrogen and oxygen atoms in total. The Morgan fingerprint density at radius 1 is 0.659 bits per heavy atom. The molecule has 5 rings (SSSR count). The number of fused-ring (bicyclic) bond motifs is 1. The van der Waals surface area contributed by atoms with Crippen molar-refractivity contribution in [3.05, 3.63) is 70.8 Å². The van der Waals surface area contributed by atoms with Crippen LogP contribution in [0.4, 0.5) is 0 Å². The first-order chi connectivity index (χ1) is 20.7. The zero-order chi connectivity index (χ0) is 32.0. The molecule has 4 aromatic carbocycles. The SMILES string of the molecule is O=C(OC1Cc2c(O)cc(O)cc2OC1c1cc(O)c(OC(=O)c2ccc(O)c(O)c2O)c(O)c1)c1cc(O)c(O)c(O)c1. The van der Waals surface area contributed by atoms with E-state index in [0.717, 1.165) is 48.5 Å². The summed E-state index contributed by atoms with van der Waals surface area (Å²) in [7, 11) is 0. The average molecular weight is 610 g/mol. The van der Waals surface area contributed by atoms with Crippen LogP contribution < -0.4 is 9.47 Å². The van der Waals surface area contributed by atoms with Crippen LogP contribution in [0.1, 0.15) is 37.9 Å². The summed E-state index contributed by atoms with van der Waals surface area (Å²) in [5, 5.41) is 99.9. The van der Waals surface area contributed by atoms with Gasteiger partial charge in [-0.3, -0.25) is 0 Å². The third-order valence-electron chi connectivity index (χ3n) is 6.68. The molecule has 0 aliphatic carbocycles. The normalized spacial score (nSPS) is 15.5. The summed E-state index contributed by atoms with van der Waals surface area (Å²) in [5.74, 6) is -11.0. The molecule has 2 atom stereocenters. The minimum absolute atomic E-state index is 0.0446. The molecule has 4 aromatic rings. The molecule has 0 saturated heterocycles. The minimum Gasteiger partial charge on any atom is -0.508 e. The molecule has 0 fully saturated rings. The number of phenolic OH excluding ortho intramolecular Hbond substituents is 10. The summed E-state index contributed by atoms with van der Waals surface area (Å²) in [6.07, 6.45) is -2.92. The van der Waals surface area contributed by atoms with Gasteiger partial charge in [-0.05, 0) is 36.4 Å². The first-order valence-electron chi connectivity index (χ1n) is 12.4. The number of carbonyl (C=O) groups is 2. The zero-order valence-electron chi connectivity index (χ0n) is 22.0. The highest BCUT2D eigenvalue weighted by Crippen LogP contribution is 2.47. The maximum Gasteiger partial charge on any atom is 0.347 e. The van der Waals surface area contributed by atoms with Crippen molar-refractivity contribution in [1.82, 2.24) is 0 Å². The predicted molar refractivity (Wildman–Crippen MR) is 144 cm³/mol. The Morgan fingerprint density at radius 3 is 1.93 bits per heavy atom. The van der Waals surface area contributed by atoms with Crippen LogP contribution in [0.5, 0.6) is 69.0 Å². The van der Waals surface area contributed by atoms with Crippen molar-refractivity contribution in [2.45, 2.75) is 18.6 Å². The third kappa shape index (κ3) is 5.20. The number of benzene rings is 4. The van der Waals surface area contributed by atoms with Gasteiger partial charge in [-0.1, -0.05) is 0 Å². The molecule has 0 aromatic heterocycles. The highest BCUT2D eigenvalue weighted by atomic mass is 16.6. The maximum absolute atomic E-state index is 13.0. The summed E-state index contributed by atoms with van der Waals surface area (Å²) in [5.41, 5.74) is -0.946. The number of hydrogen-bond donors (Lipinski definition) is 10. The molecule has 0 spiro atoms. The Balaban J connectivity index is 1.49. The fourth-order valence-corrected chi connectivity index (χ4v) is 4.53. The van der Waals surface area contributed by atoms with Gasteiger partial charge in [-0.15, -0.1) is 0 Å². The minimum atomic E-state index is -1.35. The summed E-state index contributed by atoms with van der Waals surface area (Å²) >= 11 is 0. The van der Waals surface area contributed by atoms with Gasteiger partial charge in [0.05, 0.1) is 5.56 Å². The number of ether oxygens (including phenoxy) is 3. The maximum atomic E-state index is 13.0. The molecular weight excluding hydrogens is 588 g/mol. The molecule has 1 aliphatic heterocycles. The van der Waals surface area contributed by atoms with Gasteiger partial charge in [0.1, 0.15) is 28.9 Å². The van der Waals surface area contributed by atoms with Crippen molar-refractivity contribution in [3.63, 3.8) is 0 Å². The molecule has 0 amide bonds. The predicted octanol–water partition coefficient (Wildman–Crippen LogP) is 2.86. The van der Waals surface area contributed by atoms with E-state index in [9.17, 15) is 60.7 Å². The van der Waals surface area contributed by atoms with Crippen molar-refractivity contribution < 1.29 is 74.9 Å². The van der Waals surface area contributed by atoms with Crippen LogP contribution in [0.15, 0.2) is 48.5 Å². The molecule has 1 aliphatic rings. The van der Waals surface area contributed by atoms with E-state index in [1.54, 1.807) is 0 Å². The van der Waals surface area contributed by atoms with E-state index in [-0.39, 0.29) is 34.6 Å². The van der Waals surface area contributed by atoms with Gasteiger partial charge < -0.3 is 65.3 Å². The number of phenols is 10.